The van der Waals surface area contributed by atoms with Crippen molar-refractivity contribution in [3.8, 4) is 5.75 Å². The van der Waals surface area contributed by atoms with Crippen LogP contribution in [0.15, 0.2) is 71.6 Å². The van der Waals surface area contributed by atoms with Gasteiger partial charge in [-0.2, -0.15) is 0 Å². The summed E-state index contributed by atoms with van der Waals surface area (Å²) in [6.07, 6.45) is 8.73. The normalized spacial score (nSPS) is 14.7. The lowest BCUT2D eigenvalue weighted by Gasteiger charge is -2.32. The number of rotatable bonds is 7. The molecule has 1 fully saturated rings. The predicted octanol–water partition coefficient (Wildman–Crippen LogP) is 4.13. The van der Waals surface area contributed by atoms with Crippen molar-refractivity contribution < 1.29 is 18.7 Å². The molecule has 0 spiro atoms. The van der Waals surface area contributed by atoms with Crippen molar-refractivity contribution in [1.29, 1.82) is 0 Å². The lowest BCUT2D eigenvalue weighted by atomic mass is 10.0. The van der Waals surface area contributed by atoms with Gasteiger partial charge in [-0.15, -0.1) is 0 Å². The molecule has 31 heavy (non-hydrogen) atoms. The van der Waals surface area contributed by atoms with E-state index in [9.17, 15) is 9.59 Å². The van der Waals surface area contributed by atoms with E-state index >= 15 is 0 Å². The van der Waals surface area contributed by atoms with Crippen LogP contribution in [0.2, 0.25) is 0 Å². The average Bonchev–Trinajstić information content (AvgIpc) is 3.52. The number of aromatic nitrogens is 1. The number of hydrogen-bond acceptors (Lipinski definition) is 5. The molecule has 7 heteroatoms. The summed E-state index contributed by atoms with van der Waals surface area (Å²) < 4.78 is 10.9. The van der Waals surface area contributed by atoms with Crippen LogP contribution < -0.4 is 15.0 Å². The van der Waals surface area contributed by atoms with E-state index in [1.165, 1.54) is 18.3 Å². The van der Waals surface area contributed by atoms with Crippen LogP contribution in [0.25, 0.3) is 0 Å². The van der Waals surface area contributed by atoms with E-state index < -0.39 is 11.9 Å². The highest BCUT2D eigenvalue weighted by Gasteiger charge is 2.37. The van der Waals surface area contributed by atoms with Gasteiger partial charge in [-0.3, -0.25) is 19.5 Å². The van der Waals surface area contributed by atoms with Crippen LogP contribution >= 0.6 is 0 Å². The number of para-hydroxylation sites is 2. The van der Waals surface area contributed by atoms with Crippen LogP contribution in [0.1, 0.15) is 47.8 Å². The zero-order chi connectivity index (χ0) is 21.6. The zero-order valence-electron chi connectivity index (χ0n) is 17.4. The van der Waals surface area contributed by atoms with Crippen LogP contribution in [0, 0.1) is 0 Å². The minimum absolute atomic E-state index is 0.102. The highest BCUT2D eigenvalue weighted by molar-refractivity contribution is 6.09. The summed E-state index contributed by atoms with van der Waals surface area (Å²) >= 11 is 0. The first-order valence-electron chi connectivity index (χ1n) is 10.4. The molecule has 3 aromatic rings. The maximum atomic E-state index is 13.6. The van der Waals surface area contributed by atoms with Crippen molar-refractivity contribution in [3.63, 3.8) is 0 Å². The Bertz CT molecular complexity index is 1010. The molecule has 160 valence electrons. The molecule has 0 bridgehead atoms. The Labute approximate surface area is 181 Å². The Morgan fingerprint density at radius 3 is 2.61 bits per heavy atom. The van der Waals surface area contributed by atoms with E-state index in [0.29, 0.717) is 17.0 Å². The standard InChI is InChI=1S/C24H25N3O4/c1-30-20-12-5-4-11-19(20)27(24(29)21-13-7-15-31-21)22(17-8-6-14-25-16-17)23(28)26-18-9-2-3-10-18/h4-8,11-16,18,22H,2-3,9-10H2,1H3,(H,26,28)/t22-/m0/s1. The highest BCUT2D eigenvalue weighted by Crippen LogP contribution is 2.36. The van der Waals surface area contributed by atoms with Crippen molar-refractivity contribution in [2.24, 2.45) is 0 Å². The fourth-order valence-electron chi connectivity index (χ4n) is 4.02. The van der Waals surface area contributed by atoms with Gasteiger partial charge in [0.25, 0.3) is 5.91 Å². The van der Waals surface area contributed by atoms with Gasteiger partial charge in [-0.25, -0.2) is 0 Å². The van der Waals surface area contributed by atoms with Gasteiger partial charge in [0.15, 0.2) is 5.76 Å². The first kappa shape index (κ1) is 20.7. The van der Waals surface area contributed by atoms with Crippen LogP contribution in [0.4, 0.5) is 5.69 Å². The number of amides is 2. The number of methoxy groups -OCH3 is 1. The van der Waals surface area contributed by atoms with Crippen LogP contribution in [0.5, 0.6) is 5.75 Å². The molecular formula is C24H25N3O4. The Morgan fingerprint density at radius 1 is 1.13 bits per heavy atom. The Balaban J connectivity index is 1.82. The number of furan rings is 1. The molecular weight excluding hydrogens is 394 g/mol. The van der Waals surface area contributed by atoms with Gasteiger partial charge < -0.3 is 14.5 Å². The molecule has 0 aliphatic heterocycles. The Kier molecular flexibility index (Phi) is 6.31. The van der Waals surface area contributed by atoms with E-state index in [-0.39, 0.29) is 17.7 Å². The van der Waals surface area contributed by atoms with Gasteiger partial charge >= 0.3 is 0 Å². The van der Waals surface area contributed by atoms with Crippen molar-refractivity contribution >= 4 is 17.5 Å². The SMILES string of the molecule is COc1ccccc1N(C(=O)c1ccco1)[C@H](C(=O)NC1CCCC1)c1cccnc1. The summed E-state index contributed by atoms with van der Waals surface area (Å²) in [7, 11) is 1.53. The third kappa shape index (κ3) is 4.45. The number of ether oxygens (including phenoxy) is 1. The molecule has 0 saturated heterocycles. The number of benzene rings is 1. The van der Waals surface area contributed by atoms with Gasteiger partial charge in [0, 0.05) is 24.0 Å². The fraction of sp³-hybridized carbons (Fsp3) is 0.292. The molecule has 1 saturated carbocycles. The van der Waals surface area contributed by atoms with Crippen LogP contribution in [-0.4, -0.2) is 29.9 Å². The average molecular weight is 419 g/mol. The minimum atomic E-state index is -0.941. The van der Waals surface area contributed by atoms with E-state index in [1.54, 1.807) is 54.9 Å². The molecule has 0 radical (unpaired) electrons. The van der Waals surface area contributed by atoms with E-state index in [2.05, 4.69) is 10.3 Å². The molecule has 2 heterocycles. The first-order valence-corrected chi connectivity index (χ1v) is 10.4. The van der Waals surface area contributed by atoms with Gasteiger partial charge in [0.2, 0.25) is 5.91 Å². The molecule has 1 N–H and O–H groups in total. The number of anilines is 1. The molecule has 1 aromatic carbocycles. The Hall–Kier alpha value is -3.61. The maximum Gasteiger partial charge on any atom is 0.295 e. The highest BCUT2D eigenvalue weighted by atomic mass is 16.5. The number of hydrogen-bond donors (Lipinski definition) is 1. The molecule has 4 rings (SSSR count). The number of nitrogens with zero attached hydrogens (tertiary/aromatic N) is 2. The summed E-state index contributed by atoms with van der Waals surface area (Å²) in [5.74, 6) is -0.0888. The van der Waals surface area contributed by atoms with Crippen LogP contribution in [-0.2, 0) is 4.79 Å². The second-order valence-electron chi connectivity index (χ2n) is 7.50. The third-order valence-electron chi connectivity index (χ3n) is 5.50. The molecule has 2 amide bonds. The lowest BCUT2D eigenvalue weighted by Crippen LogP contribution is -2.46. The number of carbonyl (C=O) groups excluding carboxylic acids is 2. The summed E-state index contributed by atoms with van der Waals surface area (Å²) in [6.45, 7) is 0. The van der Waals surface area contributed by atoms with Crippen molar-refractivity contribution in [2.45, 2.75) is 37.8 Å². The maximum absolute atomic E-state index is 13.6. The second-order valence-corrected chi connectivity index (χ2v) is 7.50. The van der Waals surface area contributed by atoms with Crippen molar-refractivity contribution in [3.05, 3.63) is 78.5 Å². The zero-order valence-corrected chi connectivity index (χ0v) is 17.4. The van der Waals surface area contributed by atoms with E-state index in [0.717, 1.165) is 25.7 Å². The summed E-state index contributed by atoms with van der Waals surface area (Å²) in [4.78, 5) is 32.8. The monoisotopic (exact) mass is 419 g/mol. The van der Waals surface area contributed by atoms with E-state index in [1.807, 2.05) is 6.07 Å². The van der Waals surface area contributed by atoms with Gasteiger partial charge in [0.1, 0.15) is 11.8 Å². The molecule has 0 unspecified atom stereocenters. The quantitative estimate of drug-likeness (QED) is 0.622. The number of carbonyl (C=O) groups is 2. The number of pyridine rings is 1. The topological polar surface area (TPSA) is 84.7 Å². The molecule has 1 atom stereocenters. The van der Waals surface area contributed by atoms with Gasteiger partial charge in [0.05, 0.1) is 19.1 Å². The fourth-order valence-corrected chi connectivity index (χ4v) is 4.02. The second kappa shape index (κ2) is 9.47. The van der Waals surface area contributed by atoms with Crippen molar-refractivity contribution in [1.82, 2.24) is 10.3 Å². The van der Waals surface area contributed by atoms with Crippen LogP contribution in [0.3, 0.4) is 0 Å². The summed E-state index contributed by atoms with van der Waals surface area (Å²) in [5.41, 5.74) is 1.07. The van der Waals surface area contributed by atoms with Crippen molar-refractivity contribution in [2.75, 3.05) is 12.0 Å². The summed E-state index contributed by atoms with van der Waals surface area (Å²) in [6, 6.07) is 13.1. The lowest BCUT2D eigenvalue weighted by molar-refractivity contribution is -0.123. The van der Waals surface area contributed by atoms with Gasteiger partial charge in [-0.05, 0) is 43.2 Å². The molecule has 2 aromatic heterocycles. The minimum Gasteiger partial charge on any atom is -0.495 e. The molecule has 7 nitrogen and oxygen atoms in total. The molecule has 1 aliphatic rings. The predicted molar refractivity (Wildman–Crippen MR) is 116 cm³/mol. The summed E-state index contributed by atoms with van der Waals surface area (Å²) in [5, 5.41) is 3.13. The molecule has 1 aliphatic carbocycles. The Morgan fingerprint density at radius 2 is 1.94 bits per heavy atom. The van der Waals surface area contributed by atoms with E-state index in [4.69, 9.17) is 9.15 Å². The number of nitrogens with one attached hydrogen (secondary N) is 1. The third-order valence-corrected chi connectivity index (χ3v) is 5.50. The first-order chi connectivity index (χ1) is 15.2. The largest absolute Gasteiger partial charge is 0.495 e. The van der Waals surface area contributed by atoms with Gasteiger partial charge in [-0.1, -0.05) is 31.0 Å². The smallest absolute Gasteiger partial charge is 0.295 e.